The van der Waals surface area contributed by atoms with Crippen molar-refractivity contribution >= 4 is 0 Å². The maximum absolute atomic E-state index is 5.55. The van der Waals surface area contributed by atoms with Crippen LogP contribution < -0.4 is 4.74 Å². The number of rotatable bonds is 5. The Balaban J connectivity index is 1.98. The van der Waals surface area contributed by atoms with Crippen molar-refractivity contribution in [3.8, 4) is 5.75 Å². The molecule has 0 saturated heterocycles. The summed E-state index contributed by atoms with van der Waals surface area (Å²) < 4.78 is 5.55. The normalized spacial score (nSPS) is 10.2. The van der Waals surface area contributed by atoms with Gasteiger partial charge in [-0.05, 0) is 42.2 Å². The third-order valence-electron chi connectivity index (χ3n) is 2.58. The number of ether oxygens (including phenoxy) is 1. The average Bonchev–Trinajstić information content (AvgIpc) is 2.39. The van der Waals surface area contributed by atoms with Crippen molar-refractivity contribution in [3.63, 3.8) is 0 Å². The molecule has 17 heavy (non-hydrogen) atoms. The highest BCUT2D eigenvalue weighted by Gasteiger charge is 1.97. The fraction of sp³-hybridized carbons (Fsp3) is 0.250. The maximum Gasteiger partial charge on any atom is 0.119 e. The van der Waals surface area contributed by atoms with Crippen LogP contribution in [-0.2, 0) is 6.42 Å². The van der Waals surface area contributed by atoms with Gasteiger partial charge in [0.25, 0.3) is 0 Å². The highest BCUT2D eigenvalue weighted by atomic mass is 16.5. The fourth-order valence-corrected chi connectivity index (χ4v) is 1.70. The van der Waals surface area contributed by atoms with E-state index in [4.69, 9.17) is 4.74 Å². The molecule has 1 heteroatoms. The lowest BCUT2D eigenvalue weighted by Gasteiger charge is -2.06. The van der Waals surface area contributed by atoms with Crippen LogP contribution >= 0.6 is 0 Å². The second-order valence-electron chi connectivity index (χ2n) is 4.08. The molecule has 2 aromatic rings. The third-order valence-corrected chi connectivity index (χ3v) is 2.58. The lowest BCUT2D eigenvalue weighted by molar-refractivity contribution is 0.317. The molecule has 0 unspecified atom stereocenters. The monoisotopic (exact) mass is 225 g/mol. The first-order valence-electron chi connectivity index (χ1n) is 6.05. The third kappa shape index (κ3) is 3.63. The Morgan fingerprint density at radius 3 is 2.53 bits per heavy atom. The standard InChI is InChI=1S/C16H17O/c1-2-12-17-16-10-8-15(9-11-16)13-14-6-4-3-5-7-14/h3-4,6-11H,2,12-13H2,1H3. The van der Waals surface area contributed by atoms with Crippen LogP contribution in [0.5, 0.6) is 5.75 Å². The summed E-state index contributed by atoms with van der Waals surface area (Å²) in [5.74, 6) is 0.954. The van der Waals surface area contributed by atoms with Crippen molar-refractivity contribution in [2.24, 2.45) is 0 Å². The summed E-state index contributed by atoms with van der Waals surface area (Å²) in [5, 5.41) is 0. The Bertz CT molecular complexity index is 431. The molecule has 0 bridgehead atoms. The van der Waals surface area contributed by atoms with Gasteiger partial charge in [-0.2, -0.15) is 0 Å². The van der Waals surface area contributed by atoms with Crippen molar-refractivity contribution < 1.29 is 4.74 Å². The van der Waals surface area contributed by atoms with E-state index in [1.54, 1.807) is 0 Å². The summed E-state index contributed by atoms with van der Waals surface area (Å²) >= 11 is 0. The van der Waals surface area contributed by atoms with Gasteiger partial charge in [0.2, 0.25) is 0 Å². The van der Waals surface area contributed by atoms with Crippen LogP contribution in [0.15, 0.2) is 48.5 Å². The molecule has 87 valence electrons. The molecule has 0 spiro atoms. The molecule has 0 aliphatic carbocycles. The first-order valence-corrected chi connectivity index (χ1v) is 6.05. The van der Waals surface area contributed by atoms with E-state index in [9.17, 15) is 0 Å². The van der Waals surface area contributed by atoms with Crippen molar-refractivity contribution in [3.05, 3.63) is 65.7 Å². The smallest absolute Gasteiger partial charge is 0.119 e. The minimum atomic E-state index is 0.785. The van der Waals surface area contributed by atoms with E-state index in [0.29, 0.717) is 0 Å². The molecule has 1 radical (unpaired) electrons. The summed E-state index contributed by atoms with van der Waals surface area (Å²) in [4.78, 5) is 0. The van der Waals surface area contributed by atoms with E-state index in [1.807, 2.05) is 30.3 Å². The zero-order valence-electron chi connectivity index (χ0n) is 10.1. The van der Waals surface area contributed by atoms with E-state index < -0.39 is 0 Å². The summed E-state index contributed by atoms with van der Waals surface area (Å²) in [6.07, 6.45) is 1.99. The van der Waals surface area contributed by atoms with Gasteiger partial charge in [-0.25, -0.2) is 0 Å². The molecular weight excluding hydrogens is 208 g/mol. The van der Waals surface area contributed by atoms with Crippen LogP contribution in [-0.4, -0.2) is 6.61 Å². The molecule has 1 nitrogen and oxygen atoms in total. The minimum Gasteiger partial charge on any atom is -0.494 e. The van der Waals surface area contributed by atoms with Crippen LogP contribution in [0.3, 0.4) is 0 Å². The summed E-state index contributed by atoms with van der Waals surface area (Å²) in [6, 6.07) is 19.5. The Morgan fingerprint density at radius 1 is 1.06 bits per heavy atom. The average molecular weight is 225 g/mol. The Hall–Kier alpha value is -1.76. The second-order valence-corrected chi connectivity index (χ2v) is 4.08. The van der Waals surface area contributed by atoms with Gasteiger partial charge in [-0.3, -0.25) is 0 Å². The van der Waals surface area contributed by atoms with Crippen LogP contribution in [0.2, 0.25) is 0 Å². The zero-order chi connectivity index (χ0) is 11.9. The van der Waals surface area contributed by atoms with Crippen molar-refractivity contribution in [1.29, 1.82) is 0 Å². The molecule has 2 aromatic carbocycles. The van der Waals surface area contributed by atoms with E-state index in [-0.39, 0.29) is 0 Å². The topological polar surface area (TPSA) is 9.23 Å². The first-order chi connectivity index (χ1) is 8.38. The van der Waals surface area contributed by atoms with Crippen LogP contribution in [0.1, 0.15) is 24.5 Å². The van der Waals surface area contributed by atoms with Crippen LogP contribution in [0, 0.1) is 6.07 Å². The molecule has 0 aromatic heterocycles. The lowest BCUT2D eigenvalue weighted by atomic mass is 10.1. The van der Waals surface area contributed by atoms with Gasteiger partial charge < -0.3 is 4.74 Å². The predicted molar refractivity (Wildman–Crippen MR) is 70.3 cm³/mol. The van der Waals surface area contributed by atoms with Gasteiger partial charge in [0.05, 0.1) is 6.61 Å². The molecule has 0 amide bonds. The second kappa shape index (κ2) is 6.09. The lowest BCUT2D eigenvalue weighted by Crippen LogP contribution is -1.95. The number of hydrogen-bond acceptors (Lipinski definition) is 1. The predicted octanol–water partition coefficient (Wildman–Crippen LogP) is 3.87. The quantitative estimate of drug-likeness (QED) is 0.750. The largest absolute Gasteiger partial charge is 0.494 e. The van der Waals surface area contributed by atoms with Gasteiger partial charge in [-0.15, -0.1) is 0 Å². The molecule has 0 aliphatic heterocycles. The van der Waals surface area contributed by atoms with E-state index in [2.05, 4.69) is 31.2 Å². The molecule has 0 saturated carbocycles. The molecule has 0 heterocycles. The van der Waals surface area contributed by atoms with Gasteiger partial charge >= 0.3 is 0 Å². The highest BCUT2D eigenvalue weighted by Crippen LogP contribution is 2.15. The number of benzene rings is 2. The van der Waals surface area contributed by atoms with E-state index >= 15 is 0 Å². The number of hydrogen-bond donors (Lipinski definition) is 0. The molecule has 0 fully saturated rings. The first kappa shape index (κ1) is 11.7. The van der Waals surface area contributed by atoms with Crippen LogP contribution in [0.25, 0.3) is 0 Å². The van der Waals surface area contributed by atoms with Crippen molar-refractivity contribution in [1.82, 2.24) is 0 Å². The molecule has 0 aliphatic rings. The van der Waals surface area contributed by atoms with Crippen molar-refractivity contribution in [2.75, 3.05) is 6.61 Å². The van der Waals surface area contributed by atoms with E-state index in [1.165, 1.54) is 11.1 Å². The summed E-state index contributed by atoms with van der Waals surface area (Å²) in [6.45, 7) is 2.90. The molecule has 2 rings (SSSR count). The minimum absolute atomic E-state index is 0.785. The van der Waals surface area contributed by atoms with Gasteiger partial charge in [0, 0.05) is 0 Å². The van der Waals surface area contributed by atoms with Gasteiger partial charge in [0.15, 0.2) is 0 Å². The van der Waals surface area contributed by atoms with Gasteiger partial charge in [0.1, 0.15) is 5.75 Å². The summed E-state index contributed by atoms with van der Waals surface area (Å²) in [7, 11) is 0. The highest BCUT2D eigenvalue weighted by molar-refractivity contribution is 5.31. The Morgan fingerprint density at radius 2 is 1.88 bits per heavy atom. The zero-order valence-corrected chi connectivity index (χ0v) is 10.1. The molecular formula is C16H17O. The van der Waals surface area contributed by atoms with Gasteiger partial charge in [-0.1, -0.05) is 43.3 Å². The fourth-order valence-electron chi connectivity index (χ4n) is 1.70. The molecule has 0 N–H and O–H groups in total. The molecule has 0 atom stereocenters. The summed E-state index contributed by atoms with van der Waals surface area (Å²) in [5.41, 5.74) is 2.59. The SMILES string of the molecule is CCCOc1ccc(Cc2c[c]ccc2)cc1. The van der Waals surface area contributed by atoms with Crippen LogP contribution in [0.4, 0.5) is 0 Å². The Kier molecular flexibility index (Phi) is 4.20. The Labute approximate surface area is 103 Å². The van der Waals surface area contributed by atoms with Crippen molar-refractivity contribution in [2.45, 2.75) is 19.8 Å². The van der Waals surface area contributed by atoms with E-state index in [0.717, 1.165) is 25.2 Å². The maximum atomic E-state index is 5.55.